The Bertz CT molecular complexity index is 685. The van der Waals surface area contributed by atoms with Crippen molar-refractivity contribution in [1.82, 2.24) is 15.6 Å². The van der Waals surface area contributed by atoms with E-state index in [2.05, 4.69) is 71.7 Å². The molecule has 1 aromatic carbocycles. The van der Waals surface area contributed by atoms with Crippen molar-refractivity contribution < 1.29 is 0 Å². The molecule has 0 spiro atoms. The van der Waals surface area contributed by atoms with Crippen molar-refractivity contribution in [2.75, 3.05) is 25.4 Å². The van der Waals surface area contributed by atoms with Crippen LogP contribution in [0.4, 0.5) is 0 Å². The summed E-state index contributed by atoms with van der Waals surface area (Å²) in [5, 5.41) is 8.16. The summed E-state index contributed by atoms with van der Waals surface area (Å²) in [4.78, 5) is 8.16. The van der Waals surface area contributed by atoms with Crippen molar-refractivity contribution in [3.8, 4) is 0 Å². The van der Waals surface area contributed by atoms with Gasteiger partial charge < -0.3 is 15.6 Å². The summed E-state index contributed by atoms with van der Waals surface area (Å²) in [5.74, 6) is 2.21. The van der Waals surface area contributed by atoms with Crippen LogP contribution >= 0.6 is 11.8 Å². The number of rotatable bonds is 6. The number of aliphatic imine (C=N–C) groups is 1. The SMILES string of the molecule is CCNC(=NCC1(C)CCCS1)NCCc1c[nH]c2ccccc12. The molecule has 0 amide bonds. The Morgan fingerprint density at radius 2 is 2.21 bits per heavy atom. The molecular weight excluding hydrogens is 316 g/mol. The Morgan fingerprint density at radius 1 is 1.33 bits per heavy atom. The lowest BCUT2D eigenvalue weighted by atomic mass is 10.1. The number of nitrogens with one attached hydrogen (secondary N) is 3. The lowest BCUT2D eigenvalue weighted by Crippen LogP contribution is -2.39. The first-order chi connectivity index (χ1) is 11.7. The number of para-hydroxylation sites is 1. The van der Waals surface area contributed by atoms with Gasteiger partial charge in [-0.3, -0.25) is 4.99 Å². The molecule has 130 valence electrons. The number of fused-ring (bicyclic) bond motifs is 1. The number of thioether (sulfide) groups is 1. The van der Waals surface area contributed by atoms with E-state index in [-0.39, 0.29) is 0 Å². The number of benzene rings is 1. The van der Waals surface area contributed by atoms with E-state index < -0.39 is 0 Å². The van der Waals surface area contributed by atoms with Crippen LogP contribution in [0.5, 0.6) is 0 Å². The van der Waals surface area contributed by atoms with Crippen LogP contribution in [-0.4, -0.2) is 41.1 Å². The second-order valence-electron chi connectivity index (χ2n) is 6.63. The van der Waals surface area contributed by atoms with Crippen LogP contribution in [0, 0.1) is 0 Å². The van der Waals surface area contributed by atoms with Gasteiger partial charge in [0.1, 0.15) is 0 Å². The highest BCUT2D eigenvalue weighted by molar-refractivity contribution is 8.00. The Labute approximate surface area is 148 Å². The third-order valence-corrected chi connectivity index (χ3v) is 6.10. The van der Waals surface area contributed by atoms with Gasteiger partial charge in [-0.05, 0) is 50.5 Å². The molecule has 1 unspecified atom stereocenters. The highest BCUT2D eigenvalue weighted by Crippen LogP contribution is 2.37. The van der Waals surface area contributed by atoms with Gasteiger partial charge in [-0.1, -0.05) is 18.2 Å². The molecule has 3 rings (SSSR count). The van der Waals surface area contributed by atoms with Gasteiger partial charge in [0.15, 0.2) is 5.96 Å². The van der Waals surface area contributed by atoms with Gasteiger partial charge in [0, 0.05) is 34.9 Å². The van der Waals surface area contributed by atoms with E-state index in [1.165, 1.54) is 35.1 Å². The minimum atomic E-state index is 0.319. The zero-order valence-electron chi connectivity index (χ0n) is 14.7. The third kappa shape index (κ3) is 4.26. The van der Waals surface area contributed by atoms with Crippen molar-refractivity contribution in [2.24, 2.45) is 4.99 Å². The van der Waals surface area contributed by atoms with Gasteiger partial charge in [-0.2, -0.15) is 11.8 Å². The fourth-order valence-electron chi connectivity index (χ4n) is 3.20. The first-order valence-electron chi connectivity index (χ1n) is 8.91. The van der Waals surface area contributed by atoms with Crippen molar-refractivity contribution in [1.29, 1.82) is 0 Å². The smallest absolute Gasteiger partial charge is 0.191 e. The lowest BCUT2D eigenvalue weighted by Gasteiger charge is -2.21. The molecule has 2 aromatic rings. The first kappa shape index (κ1) is 17.2. The standard InChI is InChI=1S/C19H28N4S/c1-3-20-18(23-14-19(2)10-6-12-24-19)21-11-9-15-13-22-17-8-5-4-7-16(15)17/h4-5,7-8,13,22H,3,6,9-12,14H2,1-2H3,(H2,20,21,23). The molecule has 1 aliphatic heterocycles. The lowest BCUT2D eigenvalue weighted by molar-refractivity contribution is 0.614. The van der Waals surface area contributed by atoms with Crippen molar-refractivity contribution in [3.63, 3.8) is 0 Å². The molecule has 0 bridgehead atoms. The summed E-state index contributed by atoms with van der Waals surface area (Å²) in [7, 11) is 0. The monoisotopic (exact) mass is 344 g/mol. The second kappa shape index (κ2) is 7.97. The van der Waals surface area contributed by atoms with Crippen LogP contribution in [-0.2, 0) is 6.42 Å². The fourth-order valence-corrected chi connectivity index (χ4v) is 4.43. The van der Waals surface area contributed by atoms with Crippen LogP contribution in [0.1, 0.15) is 32.3 Å². The van der Waals surface area contributed by atoms with Crippen LogP contribution in [0.15, 0.2) is 35.5 Å². The molecule has 3 N–H and O–H groups in total. The molecule has 1 saturated heterocycles. The molecule has 1 atom stereocenters. The molecule has 1 aliphatic rings. The molecular formula is C19H28N4S. The molecule has 1 aromatic heterocycles. The number of aromatic nitrogens is 1. The zero-order valence-corrected chi connectivity index (χ0v) is 15.5. The number of hydrogen-bond donors (Lipinski definition) is 3. The summed E-state index contributed by atoms with van der Waals surface area (Å²) in [6, 6.07) is 8.47. The van der Waals surface area contributed by atoms with Crippen LogP contribution < -0.4 is 10.6 Å². The predicted molar refractivity (Wildman–Crippen MR) is 106 cm³/mol. The van der Waals surface area contributed by atoms with E-state index >= 15 is 0 Å². The summed E-state index contributed by atoms with van der Waals surface area (Å²) in [5.41, 5.74) is 2.56. The number of guanidine groups is 1. The summed E-state index contributed by atoms with van der Waals surface area (Å²) in [6.45, 7) is 7.12. The number of hydrogen-bond acceptors (Lipinski definition) is 2. The minimum absolute atomic E-state index is 0.319. The Hall–Kier alpha value is -1.62. The van der Waals surface area contributed by atoms with E-state index in [9.17, 15) is 0 Å². The second-order valence-corrected chi connectivity index (χ2v) is 8.32. The summed E-state index contributed by atoms with van der Waals surface area (Å²) < 4.78 is 0.319. The normalized spacial score (nSPS) is 21.3. The molecule has 1 fully saturated rings. The number of nitrogens with zero attached hydrogens (tertiary/aromatic N) is 1. The van der Waals surface area contributed by atoms with E-state index in [1.54, 1.807) is 0 Å². The van der Waals surface area contributed by atoms with Crippen LogP contribution in [0.25, 0.3) is 10.9 Å². The van der Waals surface area contributed by atoms with E-state index in [4.69, 9.17) is 4.99 Å². The van der Waals surface area contributed by atoms with Gasteiger partial charge >= 0.3 is 0 Å². The van der Waals surface area contributed by atoms with Gasteiger partial charge in [-0.15, -0.1) is 0 Å². The largest absolute Gasteiger partial charge is 0.361 e. The maximum Gasteiger partial charge on any atom is 0.191 e. The summed E-state index contributed by atoms with van der Waals surface area (Å²) >= 11 is 2.06. The fraction of sp³-hybridized carbons (Fsp3) is 0.526. The van der Waals surface area contributed by atoms with Gasteiger partial charge in [0.05, 0.1) is 6.54 Å². The highest BCUT2D eigenvalue weighted by Gasteiger charge is 2.29. The van der Waals surface area contributed by atoms with Gasteiger partial charge in [0.25, 0.3) is 0 Å². The average Bonchev–Trinajstić information content (AvgIpc) is 3.20. The predicted octanol–water partition coefficient (Wildman–Crippen LogP) is 3.55. The molecule has 0 radical (unpaired) electrons. The Morgan fingerprint density at radius 3 is 3.00 bits per heavy atom. The maximum atomic E-state index is 4.81. The first-order valence-corrected chi connectivity index (χ1v) is 9.90. The Balaban J connectivity index is 1.56. The highest BCUT2D eigenvalue weighted by atomic mass is 32.2. The van der Waals surface area contributed by atoms with E-state index in [1.807, 2.05) is 0 Å². The molecule has 0 saturated carbocycles. The molecule has 5 heteroatoms. The molecule has 0 aliphatic carbocycles. The van der Waals surface area contributed by atoms with Crippen LogP contribution in [0.3, 0.4) is 0 Å². The topological polar surface area (TPSA) is 52.2 Å². The quantitative estimate of drug-likeness (QED) is 0.555. The van der Waals surface area contributed by atoms with Crippen molar-refractivity contribution in [3.05, 3.63) is 36.0 Å². The average molecular weight is 345 g/mol. The van der Waals surface area contributed by atoms with Gasteiger partial charge in [-0.25, -0.2) is 0 Å². The molecule has 24 heavy (non-hydrogen) atoms. The Kier molecular flexibility index (Phi) is 5.72. The minimum Gasteiger partial charge on any atom is -0.361 e. The van der Waals surface area contributed by atoms with Crippen molar-refractivity contribution in [2.45, 2.75) is 37.9 Å². The maximum absolute atomic E-state index is 4.81. The van der Waals surface area contributed by atoms with Crippen molar-refractivity contribution >= 4 is 28.6 Å². The van der Waals surface area contributed by atoms with E-state index in [0.717, 1.165) is 32.0 Å². The van der Waals surface area contributed by atoms with Crippen LogP contribution in [0.2, 0.25) is 0 Å². The van der Waals surface area contributed by atoms with E-state index in [0.29, 0.717) is 4.75 Å². The molecule has 2 heterocycles. The summed E-state index contributed by atoms with van der Waals surface area (Å²) in [6.07, 6.45) is 5.70. The zero-order chi connectivity index (χ0) is 16.8. The molecule has 4 nitrogen and oxygen atoms in total. The third-order valence-electron chi connectivity index (χ3n) is 4.58. The number of H-pyrrole nitrogens is 1. The van der Waals surface area contributed by atoms with Gasteiger partial charge in [0.2, 0.25) is 0 Å². The number of aromatic amines is 1.